The van der Waals surface area contributed by atoms with Crippen molar-refractivity contribution in [2.75, 3.05) is 23.3 Å². The van der Waals surface area contributed by atoms with Gasteiger partial charge in [-0.2, -0.15) is 5.10 Å². The summed E-state index contributed by atoms with van der Waals surface area (Å²) in [6.45, 7) is 4.13. The van der Waals surface area contributed by atoms with Crippen molar-refractivity contribution >= 4 is 28.9 Å². The molecule has 4 rings (SSSR count). The van der Waals surface area contributed by atoms with E-state index in [1.54, 1.807) is 24.3 Å². The molecular weight excluding hydrogens is 372 g/mol. The first kappa shape index (κ1) is 18.6. The maximum atomic E-state index is 12.6. The molecule has 3 aromatic rings. The number of H-pyrrole nitrogens is 1. The lowest BCUT2D eigenvalue weighted by atomic mass is 10.1. The third kappa shape index (κ3) is 3.90. The van der Waals surface area contributed by atoms with Crippen LogP contribution in [0.3, 0.4) is 0 Å². The Bertz CT molecular complexity index is 957. The minimum Gasteiger partial charge on any atom is -0.372 e. The van der Waals surface area contributed by atoms with Crippen LogP contribution in [0.1, 0.15) is 35.3 Å². The van der Waals surface area contributed by atoms with Gasteiger partial charge in [0.15, 0.2) is 0 Å². The first-order chi connectivity index (χ1) is 13.6. The highest BCUT2D eigenvalue weighted by atomic mass is 35.5. The second-order valence-corrected chi connectivity index (χ2v) is 7.56. The molecule has 1 saturated heterocycles. The number of piperidine rings is 1. The average molecular weight is 395 g/mol. The molecule has 0 aliphatic carbocycles. The number of benzene rings is 2. The number of hydrogen-bond donors (Lipinski definition) is 2. The van der Waals surface area contributed by atoms with Crippen molar-refractivity contribution in [3.63, 3.8) is 0 Å². The third-order valence-electron chi connectivity index (χ3n) is 5.15. The van der Waals surface area contributed by atoms with Crippen LogP contribution in [0.25, 0.3) is 11.3 Å². The maximum Gasteiger partial charge on any atom is 0.255 e. The van der Waals surface area contributed by atoms with E-state index in [0.717, 1.165) is 30.0 Å². The van der Waals surface area contributed by atoms with Crippen molar-refractivity contribution in [3.05, 3.63) is 64.8 Å². The molecule has 1 aliphatic heterocycles. The van der Waals surface area contributed by atoms with Crippen molar-refractivity contribution in [1.29, 1.82) is 0 Å². The van der Waals surface area contributed by atoms with E-state index in [1.165, 1.54) is 24.9 Å². The smallest absolute Gasteiger partial charge is 0.255 e. The van der Waals surface area contributed by atoms with Crippen LogP contribution < -0.4 is 10.2 Å². The minimum atomic E-state index is -0.188. The minimum absolute atomic E-state index is 0.188. The van der Waals surface area contributed by atoms with Crippen molar-refractivity contribution in [2.45, 2.75) is 26.2 Å². The van der Waals surface area contributed by atoms with Gasteiger partial charge in [-0.15, -0.1) is 0 Å². The Balaban J connectivity index is 1.56. The summed E-state index contributed by atoms with van der Waals surface area (Å²) in [5.41, 5.74) is 5.02. The Morgan fingerprint density at radius 1 is 1.04 bits per heavy atom. The quantitative estimate of drug-likeness (QED) is 0.632. The summed E-state index contributed by atoms with van der Waals surface area (Å²) in [5, 5.41) is 11.0. The van der Waals surface area contributed by atoms with Crippen LogP contribution in [0.4, 0.5) is 11.4 Å². The van der Waals surface area contributed by atoms with Crippen LogP contribution in [-0.4, -0.2) is 29.2 Å². The number of aromatic amines is 1. The summed E-state index contributed by atoms with van der Waals surface area (Å²) in [6.07, 6.45) is 3.82. The lowest BCUT2D eigenvalue weighted by molar-refractivity contribution is 0.102. The van der Waals surface area contributed by atoms with Gasteiger partial charge in [0.25, 0.3) is 5.91 Å². The van der Waals surface area contributed by atoms with E-state index in [0.29, 0.717) is 16.3 Å². The zero-order chi connectivity index (χ0) is 19.5. The van der Waals surface area contributed by atoms with E-state index in [4.69, 9.17) is 11.6 Å². The van der Waals surface area contributed by atoms with Gasteiger partial charge in [-0.1, -0.05) is 23.7 Å². The normalized spacial score (nSPS) is 14.1. The number of amides is 1. The number of carbonyl (C=O) groups is 1. The molecule has 2 heterocycles. The molecule has 0 saturated carbocycles. The molecule has 1 aliphatic rings. The van der Waals surface area contributed by atoms with E-state index < -0.39 is 0 Å². The van der Waals surface area contributed by atoms with Gasteiger partial charge in [-0.25, -0.2) is 0 Å². The Hall–Kier alpha value is -2.79. The number of nitrogens with zero attached hydrogens (tertiary/aromatic N) is 2. The topological polar surface area (TPSA) is 61.0 Å². The molecule has 0 spiro atoms. The fourth-order valence-corrected chi connectivity index (χ4v) is 3.69. The molecule has 2 N–H and O–H groups in total. The summed E-state index contributed by atoms with van der Waals surface area (Å²) in [7, 11) is 0. The van der Waals surface area contributed by atoms with E-state index in [-0.39, 0.29) is 5.91 Å². The molecule has 5 nitrogen and oxygen atoms in total. The van der Waals surface area contributed by atoms with Gasteiger partial charge in [0.1, 0.15) is 5.69 Å². The molecule has 6 heteroatoms. The fraction of sp³-hybridized carbons (Fsp3) is 0.273. The van der Waals surface area contributed by atoms with Crippen LogP contribution in [0.15, 0.2) is 48.5 Å². The number of carbonyl (C=O) groups excluding carboxylic acids is 1. The Labute approximate surface area is 169 Å². The highest BCUT2D eigenvalue weighted by Crippen LogP contribution is 2.31. The number of halogens is 1. The van der Waals surface area contributed by atoms with Crippen molar-refractivity contribution in [3.8, 4) is 11.3 Å². The molecule has 0 unspecified atom stereocenters. The van der Waals surface area contributed by atoms with E-state index in [1.807, 2.05) is 6.92 Å². The standard InChI is InChI=1S/C22H23ClN4O/c1-15-20(24-22(28)17-5-9-18(23)10-6-17)21(26-25-15)16-7-11-19(12-8-16)27-13-3-2-4-14-27/h5-12H,2-4,13-14H2,1H3,(H,24,28)(H,25,26). The van der Waals surface area contributed by atoms with Gasteiger partial charge in [-0.3, -0.25) is 9.89 Å². The van der Waals surface area contributed by atoms with Gasteiger partial charge in [0.05, 0.1) is 11.4 Å². The number of aryl methyl sites for hydroxylation is 1. The van der Waals surface area contributed by atoms with Gasteiger partial charge < -0.3 is 10.2 Å². The van der Waals surface area contributed by atoms with Crippen molar-refractivity contribution < 1.29 is 4.79 Å². The first-order valence-electron chi connectivity index (χ1n) is 9.59. The highest BCUT2D eigenvalue weighted by molar-refractivity contribution is 6.30. The number of aromatic nitrogens is 2. The van der Waals surface area contributed by atoms with E-state index >= 15 is 0 Å². The molecule has 0 bridgehead atoms. The SMILES string of the molecule is Cc1[nH]nc(-c2ccc(N3CCCCC3)cc2)c1NC(=O)c1ccc(Cl)cc1. The summed E-state index contributed by atoms with van der Waals surface area (Å²) in [5.74, 6) is -0.188. The Morgan fingerprint density at radius 3 is 2.39 bits per heavy atom. The largest absolute Gasteiger partial charge is 0.372 e. The zero-order valence-electron chi connectivity index (χ0n) is 15.8. The fourth-order valence-electron chi connectivity index (χ4n) is 3.56. The molecule has 1 fully saturated rings. The van der Waals surface area contributed by atoms with Crippen molar-refractivity contribution in [2.24, 2.45) is 0 Å². The second kappa shape index (κ2) is 8.07. The summed E-state index contributed by atoms with van der Waals surface area (Å²) in [6, 6.07) is 15.2. The Kier molecular flexibility index (Phi) is 5.35. The van der Waals surface area contributed by atoms with Crippen LogP contribution in [0, 0.1) is 6.92 Å². The molecule has 2 aromatic carbocycles. The van der Waals surface area contributed by atoms with Gasteiger partial charge in [-0.05, 0) is 62.6 Å². The summed E-state index contributed by atoms with van der Waals surface area (Å²) >= 11 is 5.91. The van der Waals surface area contributed by atoms with Gasteiger partial charge >= 0.3 is 0 Å². The lowest BCUT2D eigenvalue weighted by Crippen LogP contribution is -2.29. The molecule has 1 amide bonds. The highest BCUT2D eigenvalue weighted by Gasteiger charge is 2.17. The number of rotatable bonds is 4. The average Bonchev–Trinajstić information content (AvgIpc) is 3.09. The molecular formula is C22H23ClN4O. The molecule has 1 aromatic heterocycles. The van der Waals surface area contributed by atoms with E-state index in [2.05, 4.69) is 44.7 Å². The van der Waals surface area contributed by atoms with Crippen LogP contribution >= 0.6 is 11.6 Å². The van der Waals surface area contributed by atoms with Crippen LogP contribution in [-0.2, 0) is 0 Å². The third-order valence-corrected chi connectivity index (χ3v) is 5.41. The molecule has 144 valence electrons. The molecule has 28 heavy (non-hydrogen) atoms. The number of nitrogens with one attached hydrogen (secondary N) is 2. The lowest BCUT2D eigenvalue weighted by Gasteiger charge is -2.28. The zero-order valence-corrected chi connectivity index (χ0v) is 16.6. The predicted octanol–water partition coefficient (Wildman–Crippen LogP) is 5.28. The number of anilines is 2. The molecule has 0 atom stereocenters. The monoisotopic (exact) mass is 394 g/mol. The van der Waals surface area contributed by atoms with Crippen LogP contribution in [0.2, 0.25) is 5.02 Å². The van der Waals surface area contributed by atoms with Gasteiger partial charge in [0.2, 0.25) is 0 Å². The Morgan fingerprint density at radius 2 is 1.71 bits per heavy atom. The van der Waals surface area contributed by atoms with E-state index in [9.17, 15) is 4.79 Å². The van der Waals surface area contributed by atoms with Crippen molar-refractivity contribution in [1.82, 2.24) is 10.2 Å². The maximum absolute atomic E-state index is 12.6. The number of hydrogen-bond acceptors (Lipinski definition) is 3. The summed E-state index contributed by atoms with van der Waals surface area (Å²) in [4.78, 5) is 15.0. The first-order valence-corrected chi connectivity index (χ1v) is 9.97. The summed E-state index contributed by atoms with van der Waals surface area (Å²) < 4.78 is 0. The second-order valence-electron chi connectivity index (χ2n) is 7.13. The van der Waals surface area contributed by atoms with Gasteiger partial charge in [0, 0.05) is 34.9 Å². The van der Waals surface area contributed by atoms with Crippen LogP contribution in [0.5, 0.6) is 0 Å². The molecule has 0 radical (unpaired) electrons. The predicted molar refractivity (Wildman–Crippen MR) is 114 cm³/mol.